The lowest BCUT2D eigenvalue weighted by Crippen LogP contribution is -2.45. The maximum atomic E-state index is 13.8. The molecule has 1 amide bonds. The minimum Gasteiger partial charge on any atom is -0.384 e. The van der Waals surface area contributed by atoms with Crippen LogP contribution in [0.2, 0.25) is 0 Å². The summed E-state index contributed by atoms with van der Waals surface area (Å²) in [5.41, 5.74) is 0.508. The molecule has 2 N–H and O–H groups in total. The molecule has 1 aliphatic carbocycles. The fourth-order valence-electron chi connectivity index (χ4n) is 2.28. The smallest absolute Gasteiger partial charge is 0.254 e. The zero-order valence-electron chi connectivity index (χ0n) is 11.9. The van der Waals surface area contributed by atoms with E-state index >= 15 is 0 Å². The summed E-state index contributed by atoms with van der Waals surface area (Å²) in [6.45, 7) is 0.286. The molecule has 0 radical (unpaired) electrons. The molecule has 0 heterocycles. The summed E-state index contributed by atoms with van der Waals surface area (Å²) in [5.74, 6) is 4.18. The first kappa shape index (κ1) is 15.9. The molecule has 1 aromatic carbocycles. The quantitative estimate of drug-likeness (QED) is 0.838. The Morgan fingerprint density at radius 3 is 2.86 bits per heavy atom. The van der Waals surface area contributed by atoms with Crippen LogP contribution in [0.1, 0.15) is 35.2 Å². The number of aliphatic hydroxyl groups excluding tert-OH is 1. The van der Waals surface area contributed by atoms with Gasteiger partial charge in [-0.1, -0.05) is 18.3 Å². The van der Waals surface area contributed by atoms with Crippen LogP contribution in [0.3, 0.4) is 0 Å². The Labute approximate surface area is 128 Å². The van der Waals surface area contributed by atoms with E-state index in [0.717, 1.165) is 12.8 Å². The van der Waals surface area contributed by atoms with Crippen LogP contribution in [-0.2, 0) is 0 Å². The summed E-state index contributed by atoms with van der Waals surface area (Å²) < 4.78 is 13.9. The standard InChI is InChI=1S/C16H18FNO2S/c1-21-16(7-3-8-16)11-18-15(20)13-10-12(4-2-9-19)5-6-14(13)17/h5-6,10,19H,3,7-9,11H2,1H3,(H,18,20). The number of hydrogen-bond acceptors (Lipinski definition) is 3. The zero-order chi connectivity index (χ0) is 15.3. The van der Waals surface area contributed by atoms with E-state index in [2.05, 4.69) is 17.2 Å². The van der Waals surface area contributed by atoms with Gasteiger partial charge in [-0.05, 0) is 37.3 Å². The topological polar surface area (TPSA) is 49.3 Å². The first-order chi connectivity index (χ1) is 10.1. The highest BCUT2D eigenvalue weighted by Crippen LogP contribution is 2.42. The second-order valence-electron chi connectivity index (χ2n) is 5.08. The van der Waals surface area contributed by atoms with E-state index in [-0.39, 0.29) is 16.9 Å². The first-order valence-corrected chi connectivity index (χ1v) is 8.05. The summed E-state index contributed by atoms with van der Waals surface area (Å²) >= 11 is 1.76. The molecule has 2 rings (SSSR count). The molecule has 1 saturated carbocycles. The Morgan fingerprint density at radius 1 is 1.52 bits per heavy atom. The number of rotatable bonds is 4. The van der Waals surface area contributed by atoms with Gasteiger partial charge < -0.3 is 10.4 Å². The average Bonchev–Trinajstić information content (AvgIpc) is 2.45. The monoisotopic (exact) mass is 307 g/mol. The maximum Gasteiger partial charge on any atom is 0.254 e. The van der Waals surface area contributed by atoms with Crippen molar-refractivity contribution in [2.45, 2.75) is 24.0 Å². The van der Waals surface area contributed by atoms with E-state index in [1.165, 1.54) is 24.6 Å². The number of carbonyl (C=O) groups excluding carboxylic acids is 1. The van der Waals surface area contributed by atoms with Gasteiger partial charge in [0.25, 0.3) is 5.91 Å². The van der Waals surface area contributed by atoms with E-state index in [1.54, 1.807) is 11.8 Å². The Kier molecular flexibility index (Phi) is 5.27. The number of hydrogen-bond donors (Lipinski definition) is 2. The molecule has 0 atom stereocenters. The number of carbonyl (C=O) groups is 1. The van der Waals surface area contributed by atoms with E-state index in [9.17, 15) is 9.18 Å². The van der Waals surface area contributed by atoms with E-state index in [1.807, 2.05) is 6.26 Å². The summed E-state index contributed by atoms with van der Waals surface area (Å²) in [6.07, 6.45) is 5.38. The highest BCUT2D eigenvalue weighted by atomic mass is 32.2. The van der Waals surface area contributed by atoms with Crippen LogP contribution >= 0.6 is 11.8 Å². The Morgan fingerprint density at radius 2 is 2.29 bits per heavy atom. The highest BCUT2D eigenvalue weighted by molar-refractivity contribution is 8.00. The number of thioether (sulfide) groups is 1. The van der Waals surface area contributed by atoms with Crippen LogP contribution in [0.4, 0.5) is 4.39 Å². The van der Waals surface area contributed by atoms with Crippen molar-refractivity contribution in [3.63, 3.8) is 0 Å². The lowest BCUT2D eigenvalue weighted by Gasteiger charge is -2.40. The van der Waals surface area contributed by atoms with Crippen molar-refractivity contribution in [2.24, 2.45) is 0 Å². The first-order valence-electron chi connectivity index (χ1n) is 6.83. The molecule has 112 valence electrons. The van der Waals surface area contributed by atoms with Crippen molar-refractivity contribution in [3.8, 4) is 11.8 Å². The SMILES string of the molecule is CSC1(CNC(=O)c2cc(C#CCO)ccc2F)CCC1. The molecule has 0 aromatic heterocycles. The predicted octanol–water partition coefficient (Wildman–Crippen LogP) is 2.19. The fraction of sp³-hybridized carbons (Fsp3) is 0.438. The third kappa shape index (κ3) is 3.78. The molecule has 0 spiro atoms. The van der Waals surface area contributed by atoms with Crippen LogP contribution in [0.15, 0.2) is 18.2 Å². The maximum absolute atomic E-state index is 13.8. The lowest BCUT2D eigenvalue weighted by atomic mass is 9.84. The molecule has 0 saturated heterocycles. The molecule has 5 heteroatoms. The fourth-order valence-corrected chi connectivity index (χ4v) is 3.19. The third-order valence-corrected chi connectivity index (χ3v) is 5.21. The van der Waals surface area contributed by atoms with Crippen LogP contribution in [0, 0.1) is 17.7 Å². The van der Waals surface area contributed by atoms with E-state index in [4.69, 9.17) is 5.11 Å². The van der Waals surface area contributed by atoms with Crippen LogP contribution < -0.4 is 5.32 Å². The Balaban J connectivity index is 2.07. The van der Waals surface area contributed by atoms with Gasteiger partial charge in [-0.25, -0.2) is 4.39 Å². The van der Waals surface area contributed by atoms with Gasteiger partial charge in [0.15, 0.2) is 0 Å². The number of nitrogens with one attached hydrogen (secondary N) is 1. The second-order valence-corrected chi connectivity index (χ2v) is 6.35. The van der Waals surface area contributed by atoms with Crippen molar-refractivity contribution >= 4 is 17.7 Å². The van der Waals surface area contributed by atoms with Crippen molar-refractivity contribution in [1.82, 2.24) is 5.32 Å². The molecule has 1 fully saturated rings. The molecular formula is C16H18FNO2S. The summed E-state index contributed by atoms with van der Waals surface area (Å²) in [6, 6.07) is 4.13. The van der Waals surface area contributed by atoms with Gasteiger partial charge in [0.2, 0.25) is 0 Å². The Bertz CT molecular complexity index is 582. The Hall–Kier alpha value is -1.51. The van der Waals surface area contributed by atoms with Crippen molar-refractivity contribution in [1.29, 1.82) is 0 Å². The van der Waals surface area contributed by atoms with Crippen LogP contribution in [-0.4, -0.2) is 35.2 Å². The molecule has 0 unspecified atom stereocenters. The number of halogens is 1. The number of aliphatic hydroxyl groups is 1. The van der Waals surface area contributed by atoms with Gasteiger partial charge in [0.05, 0.1) is 5.56 Å². The van der Waals surface area contributed by atoms with Gasteiger partial charge in [-0.3, -0.25) is 4.79 Å². The second kappa shape index (κ2) is 6.97. The average molecular weight is 307 g/mol. The molecule has 1 aromatic rings. The molecule has 21 heavy (non-hydrogen) atoms. The van der Waals surface area contributed by atoms with Crippen molar-refractivity contribution < 1.29 is 14.3 Å². The van der Waals surface area contributed by atoms with Gasteiger partial charge >= 0.3 is 0 Å². The van der Waals surface area contributed by atoms with Crippen LogP contribution in [0.25, 0.3) is 0 Å². The molecule has 0 bridgehead atoms. The highest BCUT2D eigenvalue weighted by Gasteiger charge is 2.36. The van der Waals surface area contributed by atoms with Crippen molar-refractivity contribution in [3.05, 3.63) is 35.1 Å². The number of amides is 1. The lowest BCUT2D eigenvalue weighted by molar-refractivity contribution is 0.0940. The number of benzene rings is 1. The summed E-state index contributed by atoms with van der Waals surface area (Å²) in [4.78, 5) is 12.1. The predicted molar refractivity (Wildman–Crippen MR) is 82.8 cm³/mol. The third-order valence-electron chi connectivity index (χ3n) is 3.79. The molecular weight excluding hydrogens is 289 g/mol. The molecule has 0 aliphatic heterocycles. The zero-order valence-corrected chi connectivity index (χ0v) is 12.7. The summed E-state index contributed by atoms with van der Waals surface area (Å²) in [5, 5.41) is 11.5. The normalized spacial score (nSPS) is 15.6. The van der Waals surface area contributed by atoms with Gasteiger partial charge in [0, 0.05) is 16.9 Å². The van der Waals surface area contributed by atoms with E-state index in [0.29, 0.717) is 12.1 Å². The molecule has 1 aliphatic rings. The van der Waals surface area contributed by atoms with Gasteiger partial charge in [-0.2, -0.15) is 11.8 Å². The van der Waals surface area contributed by atoms with Gasteiger partial charge in [0.1, 0.15) is 12.4 Å². The van der Waals surface area contributed by atoms with Crippen LogP contribution in [0.5, 0.6) is 0 Å². The minimum atomic E-state index is -0.561. The molecule has 3 nitrogen and oxygen atoms in total. The van der Waals surface area contributed by atoms with Gasteiger partial charge in [-0.15, -0.1) is 0 Å². The van der Waals surface area contributed by atoms with E-state index < -0.39 is 11.7 Å². The minimum absolute atomic E-state index is 0.00434. The van der Waals surface area contributed by atoms with Crippen molar-refractivity contribution in [2.75, 3.05) is 19.4 Å². The largest absolute Gasteiger partial charge is 0.384 e. The summed E-state index contributed by atoms with van der Waals surface area (Å²) in [7, 11) is 0.